The summed E-state index contributed by atoms with van der Waals surface area (Å²) in [5.74, 6) is 1.45. The molecule has 0 aliphatic rings. The average molecular weight is 627 g/mol. The first-order valence-corrected chi connectivity index (χ1v) is 15.8. The van der Waals surface area contributed by atoms with Crippen LogP contribution in [0.15, 0.2) is 89.7 Å². The van der Waals surface area contributed by atoms with E-state index >= 15 is 0 Å². The summed E-state index contributed by atoms with van der Waals surface area (Å²) in [6, 6.07) is 27.8. The van der Waals surface area contributed by atoms with Crippen LogP contribution in [0, 0.1) is 0 Å². The van der Waals surface area contributed by atoms with Crippen molar-refractivity contribution < 1.29 is 23.7 Å². The number of aromatic nitrogens is 1. The Morgan fingerprint density at radius 1 is 0.933 bits per heavy atom. The largest absolute Gasteiger partial charge is 0.514 e. The number of aryl methyl sites for hydroxylation is 1. The number of thiophene rings is 1. The normalized spacial score (nSPS) is 11.1. The molecule has 9 heteroatoms. The number of hydrogen-bond acceptors (Lipinski definition) is 8. The van der Waals surface area contributed by atoms with Crippen LogP contribution >= 0.6 is 11.3 Å². The van der Waals surface area contributed by atoms with Gasteiger partial charge in [0.1, 0.15) is 16.3 Å². The molecule has 0 spiro atoms. The van der Waals surface area contributed by atoms with Gasteiger partial charge in [0.05, 0.1) is 38.5 Å². The molecule has 0 aliphatic heterocycles. The highest BCUT2D eigenvalue weighted by Gasteiger charge is 2.25. The van der Waals surface area contributed by atoms with Gasteiger partial charge in [0.2, 0.25) is 11.2 Å². The van der Waals surface area contributed by atoms with E-state index in [0.29, 0.717) is 24.2 Å². The van der Waals surface area contributed by atoms with Crippen molar-refractivity contribution in [3.05, 3.63) is 112 Å². The first kappa shape index (κ1) is 31.8. The fourth-order valence-corrected chi connectivity index (χ4v) is 6.52. The van der Waals surface area contributed by atoms with Crippen LogP contribution in [0.3, 0.4) is 0 Å². The molecule has 0 saturated carbocycles. The topological polar surface area (TPSA) is 79.2 Å². The lowest BCUT2D eigenvalue weighted by atomic mass is 10.1. The van der Waals surface area contributed by atoms with E-state index in [9.17, 15) is 9.59 Å². The number of ether oxygens (including phenoxy) is 4. The van der Waals surface area contributed by atoms with Crippen LogP contribution in [0.1, 0.15) is 30.2 Å². The van der Waals surface area contributed by atoms with Crippen LogP contribution in [-0.2, 0) is 24.2 Å². The molecule has 8 nitrogen and oxygen atoms in total. The number of hydrogen-bond donors (Lipinski definition) is 0. The molecule has 0 bridgehead atoms. The second kappa shape index (κ2) is 14.9. The highest BCUT2D eigenvalue weighted by atomic mass is 32.1. The molecule has 0 N–H and O–H groups in total. The number of pyridine rings is 1. The lowest BCUT2D eigenvalue weighted by Crippen LogP contribution is -2.27. The van der Waals surface area contributed by atoms with E-state index in [1.807, 2.05) is 79.8 Å². The van der Waals surface area contributed by atoms with Crippen LogP contribution in [0.25, 0.3) is 20.7 Å². The summed E-state index contributed by atoms with van der Waals surface area (Å²) >= 11 is 1.52. The van der Waals surface area contributed by atoms with Gasteiger partial charge in [-0.25, -0.2) is 4.79 Å². The second-order valence-electron chi connectivity index (χ2n) is 10.7. The van der Waals surface area contributed by atoms with Gasteiger partial charge in [-0.2, -0.15) is 0 Å². The van der Waals surface area contributed by atoms with Gasteiger partial charge in [-0.3, -0.25) is 4.79 Å². The van der Waals surface area contributed by atoms with Crippen LogP contribution in [0.5, 0.6) is 17.2 Å². The molecule has 5 rings (SSSR count). The number of fused-ring (bicyclic) bond motifs is 1. The summed E-state index contributed by atoms with van der Waals surface area (Å²) in [6.07, 6.45) is 0.950. The van der Waals surface area contributed by atoms with E-state index < -0.39 is 6.16 Å². The van der Waals surface area contributed by atoms with E-state index in [-0.39, 0.29) is 17.8 Å². The molecule has 0 saturated heterocycles. The van der Waals surface area contributed by atoms with Crippen molar-refractivity contribution in [2.75, 3.05) is 34.4 Å². The minimum Gasteiger partial charge on any atom is -0.497 e. The monoisotopic (exact) mass is 626 g/mol. The molecule has 5 aromatic rings. The summed E-state index contributed by atoms with van der Waals surface area (Å²) in [6.45, 7) is 3.38. The maximum atomic E-state index is 14.1. The van der Waals surface area contributed by atoms with E-state index in [1.165, 1.54) is 16.9 Å². The lowest BCUT2D eigenvalue weighted by molar-refractivity contribution is 0.103. The lowest BCUT2D eigenvalue weighted by Gasteiger charge is -2.23. The first-order valence-electron chi connectivity index (χ1n) is 14.9. The van der Waals surface area contributed by atoms with E-state index in [2.05, 4.69) is 21.6 Å². The standard InChI is InChI=1S/C36H38N2O6S/c1-5-43-36(40)44-34-30(24-37(2)21-11-14-25-12-7-6-8-13-25)38(23-27-15-9-10-16-31(27)42-4)35-29(33(34)39)22-32(45-35)26-17-19-28(41-3)20-18-26/h6-10,12-13,15-20,22H,5,11,14,21,23-24H2,1-4H3. The highest BCUT2D eigenvalue weighted by molar-refractivity contribution is 7.21. The molecular formula is C36H38N2O6S. The Hall–Kier alpha value is -4.60. The summed E-state index contributed by atoms with van der Waals surface area (Å²) in [7, 11) is 5.28. The predicted molar refractivity (Wildman–Crippen MR) is 179 cm³/mol. The molecule has 0 atom stereocenters. The number of rotatable bonds is 13. The second-order valence-corrected chi connectivity index (χ2v) is 11.7. The third-order valence-electron chi connectivity index (χ3n) is 7.61. The minimum atomic E-state index is -0.906. The molecule has 0 radical (unpaired) electrons. The van der Waals surface area contributed by atoms with Crippen molar-refractivity contribution in [1.29, 1.82) is 0 Å². The number of para-hydroxylation sites is 1. The Morgan fingerprint density at radius 2 is 1.67 bits per heavy atom. The number of methoxy groups -OCH3 is 2. The number of carbonyl (C=O) groups excluding carboxylic acids is 1. The zero-order valence-electron chi connectivity index (χ0n) is 26.1. The smallest absolute Gasteiger partial charge is 0.497 e. The van der Waals surface area contributed by atoms with Gasteiger partial charge in [-0.05, 0) is 80.9 Å². The van der Waals surface area contributed by atoms with Crippen LogP contribution in [0.2, 0.25) is 0 Å². The minimum absolute atomic E-state index is 0.0233. The van der Waals surface area contributed by atoms with E-state index in [0.717, 1.165) is 51.7 Å². The van der Waals surface area contributed by atoms with Crippen molar-refractivity contribution in [2.45, 2.75) is 32.9 Å². The van der Waals surface area contributed by atoms with E-state index in [4.69, 9.17) is 18.9 Å². The van der Waals surface area contributed by atoms with Gasteiger partial charge in [0, 0.05) is 17.0 Å². The van der Waals surface area contributed by atoms with Crippen molar-refractivity contribution in [1.82, 2.24) is 9.47 Å². The Bertz CT molecular complexity index is 1800. The maximum Gasteiger partial charge on any atom is 0.514 e. The third-order valence-corrected chi connectivity index (χ3v) is 8.81. The molecule has 45 heavy (non-hydrogen) atoms. The molecule has 0 amide bonds. The zero-order chi connectivity index (χ0) is 31.8. The fraction of sp³-hybridized carbons (Fsp3) is 0.278. The molecule has 0 fully saturated rings. The van der Waals surface area contributed by atoms with Gasteiger partial charge in [-0.1, -0.05) is 48.5 Å². The summed E-state index contributed by atoms with van der Waals surface area (Å²) in [4.78, 5) is 30.7. The molecule has 2 heterocycles. The summed E-state index contributed by atoms with van der Waals surface area (Å²) in [5, 5.41) is 0.468. The van der Waals surface area contributed by atoms with Crippen LogP contribution in [-0.4, -0.2) is 50.0 Å². The fourth-order valence-electron chi connectivity index (χ4n) is 5.34. The van der Waals surface area contributed by atoms with Crippen LogP contribution < -0.4 is 19.6 Å². The van der Waals surface area contributed by atoms with Gasteiger partial charge in [0.25, 0.3) is 0 Å². The average Bonchev–Trinajstić information content (AvgIpc) is 3.51. The molecule has 234 valence electrons. The Balaban J connectivity index is 1.62. The first-order chi connectivity index (χ1) is 21.9. The highest BCUT2D eigenvalue weighted by Crippen LogP contribution is 2.37. The molecule has 2 aromatic heterocycles. The van der Waals surface area contributed by atoms with Gasteiger partial charge in [0.15, 0.2) is 0 Å². The third kappa shape index (κ3) is 7.56. The van der Waals surface area contributed by atoms with Gasteiger partial charge < -0.3 is 28.4 Å². The van der Waals surface area contributed by atoms with Crippen LogP contribution in [0.4, 0.5) is 4.79 Å². The SMILES string of the molecule is CCOC(=O)Oc1c(CN(C)CCCc2ccccc2)n(Cc2ccccc2OC)c2sc(-c3ccc(OC)cc3)cc2c1=O. The molecule has 0 unspecified atom stereocenters. The number of nitrogens with zero attached hydrogens (tertiary/aromatic N) is 2. The number of carbonyl (C=O) groups is 1. The molecular weight excluding hydrogens is 588 g/mol. The molecule has 0 aliphatic carbocycles. The van der Waals surface area contributed by atoms with Gasteiger partial charge in [-0.15, -0.1) is 11.3 Å². The van der Waals surface area contributed by atoms with Crippen molar-refractivity contribution in [2.24, 2.45) is 0 Å². The predicted octanol–water partition coefficient (Wildman–Crippen LogP) is 7.40. The van der Waals surface area contributed by atoms with Crippen molar-refractivity contribution in [3.63, 3.8) is 0 Å². The summed E-state index contributed by atoms with van der Waals surface area (Å²) in [5.41, 5.74) is 3.40. The Labute approximate surface area is 267 Å². The Morgan fingerprint density at radius 3 is 2.38 bits per heavy atom. The zero-order valence-corrected chi connectivity index (χ0v) is 26.9. The Kier molecular flexibility index (Phi) is 10.5. The number of benzene rings is 3. The molecule has 3 aromatic carbocycles. The quantitative estimate of drug-likeness (QED) is 0.126. The van der Waals surface area contributed by atoms with Crippen molar-refractivity contribution >= 4 is 27.7 Å². The summed E-state index contributed by atoms with van der Waals surface area (Å²) < 4.78 is 24.0. The van der Waals surface area contributed by atoms with E-state index in [1.54, 1.807) is 21.1 Å². The van der Waals surface area contributed by atoms with Crippen molar-refractivity contribution in [3.8, 4) is 27.7 Å². The van der Waals surface area contributed by atoms with Gasteiger partial charge >= 0.3 is 6.16 Å². The maximum absolute atomic E-state index is 14.1.